The van der Waals surface area contributed by atoms with Crippen LogP contribution in [0.4, 0.5) is 4.79 Å². The van der Waals surface area contributed by atoms with Gasteiger partial charge in [-0.05, 0) is 12.8 Å². The third-order valence-electron chi connectivity index (χ3n) is 3.70. The van der Waals surface area contributed by atoms with Crippen LogP contribution in [0.5, 0.6) is 0 Å². The SMILES string of the molecule is Cn1cnc(CNC(=O)NC2CCCCCC2C(=O)O)n1. The van der Waals surface area contributed by atoms with E-state index in [-0.39, 0.29) is 18.6 Å². The van der Waals surface area contributed by atoms with E-state index in [2.05, 4.69) is 20.7 Å². The van der Waals surface area contributed by atoms with Crippen molar-refractivity contribution in [2.75, 3.05) is 0 Å². The number of nitrogens with one attached hydrogen (secondary N) is 2. The first-order chi connectivity index (χ1) is 10.1. The smallest absolute Gasteiger partial charge is 0.315 e. The number of carbonyl (C=O) groups is 2. The van der Waals surface area contributed by atoms with E-state index in [1.54, 1.807) is 18.1 Å². The van der Waals surface area contributed by atoms with E-state index in [1.807, 2.05) is 0 Å². The molecule has 0 radical (unpaired) electrons. The molecule has 1 aliphatic carbocycles. The van der Waals surface area contributed by atoms with Gasteiger partial charge in [-0.1, -0.05) is 19.3 Å². The lowest BCUT2D eigenvalue weighted by Crippen LogP contribution is -2.47. The van der Waals surface area contributed by atoms with Gasteiger partial charge in [0.15, 0.2) is 5.82 Å². The maximum atomic E-state index is 11.9. The predicted molar refractivity (Wildman–Crippen MR) is 74.4 cm³/mol. The van der Waals surface area contributed by atoms with Crippen molar-refractivity contribution in [2.45, 2.75) is 44.7 Å². The summed E-state index contributed by atoms with van der Waals surface area (Å²) in [6.07, 6.45) is 5.72. The number of aromatic nitrogens is 3. The first kappa shape index (κ1) is 15.3. The number of hydrogen-bond acceptors (Lipinski definition) is 4. The molecule has 1 aromatic heterocycles. The number of rotatable bonds is 4. The molecule has 21 heavy (non-hydrogen) atoms. The molecular formula is C13H21N5O3. The lowest BCUT2D eigenvalue weighted by atomic mass is 9.95. The fourth-order valence-corrected chi connectivity index (χ4v) is 2.62. The van der Waals surface area contributed by atoms with Crippen LogP contribution in [0.25, 0.3) is 0 Å². The monoisotopic (exact) mass is 295 g/mol. The first-order valence-corrected chi connectivity index (χ1v) is 7.18. The van der Waals surface area contributed by atoms with Gasteiger partial charge in [0.05, 0.1) is 12.5 Å². The molecule has 0 aliphatic heterocycles. The lowest BCUT2D eigenvalue weighted by molar-refractivity contribution is -0.142. The second-order valence-electron chi connectivity index (χ2n) is 5.35. The van der Waals surface area contributed by atoms with Gasteiger partial charge in [0, 0.05) is 13.1 Å². The second-order valence-corrected chi connectivity index (χ2v) is 5.35. The third-order valence-corrected chi connectivity index (χ3v) is 3.70. The number of urea groups is 1. The molecule has 1 fully saturated rings. The summed E-state index contributed by atoms with van der Waals surface area (Å²) in [4.78, 5) is 27.2. The van der Waals surface area contributed by atoms with E-state index in [4.69, 9.17) is 0 Å². The van der Waals surface area contributed by atoms with Crippen molar-refractivity contribution in [3.05, 3.63) is 12.2 Å². The van der Waals surface area contributed by atoms with Gasteiger partial charge >= 0.3 is 12.0 Å². The topological polar surface area (TPSA) is 109 Å². The van der Waals surface area contributed by atoms with Crippen LogP contribution in [0.3, 0.4) is 0 Å². The van der Waals surface area contributed by atoms with E-state index < -0.39 is 11.9 Å². The maximum absolute atomic E-state index is 11.9. The van der Waals surface area contributed by atoms with E-state index in [1.165, 1.54) is 0 Å². The van der Waals surface area contributed by atoms with Gasteiger partial charge in [0.25, 0.3) is 0 Å². The zero-order chi connectivity index (χ0) is 15.2. The molecule has 0 saturated heterocycles. The Hall–Kier alpha value is -2.12. The number of carbonyl (C=O) groups excluding carboxylic acids is 1. The quantitative estimate of drug-likeness (QED) is 0.706. The van der Waals surface area contributed by atoms with Gasteiger partial charge in [0.2, 0.25) is 0 Å². The Morgan fingerprint density at radius 2 is 2.14 bits per heavy atom. The zero-order valence-electron chi connectivity index (χ0n) is 12.1. The van der Waals surface area contributed by atoms with Crippen molar-refractivity contribution >= 4 is 12.0 Å². The highest BCUT2D eigenvalue weighted by Gasteiger charge is 2.30. The highest BCUT2D eigenvalue weighted by atomic mass is 16.4. The number of nitrogens with zero attached hydrogens (tertiary/aromatic N) is 3. The van der Waals surface area contributed by atoms with E-state index in [0.29, 0.717) is 18.7 Å². The highest BCUT2D eigenvalue weighted by molar-refractivity contribution is 5.76. The molecule has 1 aromatic rings. The number of carboxylic acids is 1. The van der Waals surface area contributed by atoms with Crippen molar-refractivity contribution in [2.24, 2.45) is 13.0 Å². The lowest BCUT2D eigenvalue weighted by Gasteiger charge is -2.22. The van der Waals surface area contributed by atoms with Crippen LogP contribution in [0.2, 0.25) is 0 Å². The molecule has 8 heteroatoms. The van der Waals surface area contributed by atoms with Gasteiger partial charge < -0.3 is 15.7 Å². The fourth-order valence-electron chi connectivity index (χ4n) is 2.62. The van der Waals surface area contributed by atoms with E-state index >= 15 is 0 Å². The summed E-state index contributed by atoms with van der Waals surface area (Å²) in [5.74, 6) is -0.830. The predicted octanol–water partition coefficient (Wildman–Crippen LogP) is 0.648. The van der Waals surface area contributed by atoms with Crippen LogP contribution in [-0.4, -0.2) is 37.9 Å². The molecule has 1 saturated carbocycles. The minimum absolute atomic E-state index is 0.219. The first-order valence-electron chi connectivity index (χ1n) is 7.18. The summed E-state index contributed by atoms with van der Waals surface area (Å²) in [6.45, 7) is 0.219. The molecule has 2 unspecified atom stereocenters. The standard InChI is InChI=1S/C13H21N5O3/c1-18-8-15-11(17-18)7-14-13(21)16-10-6-4-2-3-5-9(10)12(19)20/h8-10H,2-7H2,1H3,(H,19,20)(H2,14,16,21). The minimum atomic E-state index is -0.839. The van der Waals surface area contributed by atoms with Crippen molar-refractivity contribution in [1.82, 2.24) is 25.4 Å². The summed E-state index contributed by atoms with van der Waals surface area (Å²) in [6, 6.07) is -0.692. The molecule has 3 N–H and O–H groups in total. The Bertz CT molecular complexity index is 502. The molecule has 0 aromatic carbocycles. The number of amides is 2. The zero-order valence-corrected chi connectivity index (χ0v) is 12.1. The number of carboxylic acid groups (broad SMARTS) is 1. The van der Waals surface area contributed by atoms with Crippen LogP contribution < -0.4 is 10.6 Å². The Morgan fingerprint density at radius 3 is 2.81 bits per heavy atom. The average molecular weight is 295 g/mol. The summed E-state index contributed by atoms with van der Waals surface area (Å²) in [5.41, 5.74) is 0. The van der Waals surface area contributed by atoms with Crippen molar-refractivity contribution in [3.8, 4) is 0 Å². The van der Waals surface area contributed by atoms with Gasteiger partial charge in [-0.25, -0.2) is 9.78 Å². The molecule has 1 heterocycles. The molecule has 1 aliphatic rings. The maximum Gasteiger partial charge on any atom is 0.315 e. The summed E-state index contributed by atoms with van der Waals surface area (Å²) in [5, 5.41) is 18.8. The second kappa shape index (κ2) is 7.05. The van der Waals surface area contributed by atoms with E-state index in [9.17, 15) is 14.7 Å². The van der Waals surface area contributed by atoms with Crippen molar-refractivity contribution in [3.63, 3.8) is 0 Å². The van der Waals surface area contributed by atoms with Crippen molar-refractivity contribution < 1.29 is 14.7 Å². The van der Waals surface area contributed by atoms with Crippen LogP contribution in [0.15, 0.2) is 6.33 Å². The largest absolute Gasteiger partial charge is 0.481 e. The van der Waals surface area contributed by atoms with Gasteiger partial charge in [-0.3, -0.25) is 9.48 Å². The Labute approximate surface area is 122 Å². The summed E-state index contributed by atoms with van der Waals surface area (Å²) in [7, 11) is 1.75. The van der Waals surface area contributed by atoms with Gasteiger partial charge in [-0.2, -0.15) is 5.10 Å². The van der Waals surface area contributed by atoms with Crippen molar-refractivity contribution in [1.29, 1.82) is 0 Å². The average Bonchev–Trinajstić information content (AvgIpc) is 2.70. The molecule has 0 bridgehead atoms. The number of hydrogen-bond donors (Lipinski definition) is 3. The molecule has 2 amide bonds. The Morgan fingerprint density at radius 1 is 1.38 bits per heavy atom. The fraction of sp³-hybridized carbons (Fsp3) is 0.692. The molecular weight excluding hydrogens is 274 g/mol. The molecule has 116 valence electrons. The normalized spacial score (nSPS) is 22.3. The van der Waals surface area contributed by atoms with E-state index in [0.717, 1.165) is 19.3 Å². The number of aryl methyl sites for hydroxylation is 1. The minimum Gasteiger partial charge on any atom is -0.481 e. The van der Waals surface area contributed by atoms with Crippen LogP contribution in [0, 0.1) is 5.92 Å². The Balaban J connectivity index is 1.85. The van der Waals surface area contributed by atoms with Crippen LogP contribution >= 0.6 is 0 Å². The molecule has 0 spiro atoms. The Kier molecular flexibility index (Phi) is 5.13. The van der Waals surface area contributed by atoms with Gasteiger partial charge in [0.1, 0.15) is 6.33 Å². The highest BCUT2D eigenvalue weighted by Crippen LogP contribution is 2.23. The molecule has 2 atom stereocenters. The third kappa shape index (κ3) is 4.44. The summed E-state index contributed by atoms with van der Waals surface area (Å²) < 4.78 is 1.56. The van der Waals surface area contributed by atoms with Crippen LogP contribution in [0.1, 0.15) is 37.9 Å². The van der Waals surface area contributed by atoms with Crippen LogP contribution in [-0.2, 0) is 18.4 Å². The molecule has 8 nitrogen and oxygen atoms in total. The number of aliphatic carboxylic acids is 1. The molecule has 2 rings (SSSR count). The van der Waals surface area contributed by atoms with Gasteiger partial charge in [-0.15, -0.1) is 0 Å². The summed E-state index contributed by atoms with van der Waals surface area (Å²) >= 11 is 0.